The minimum absolute atomic E-state index is 0.288. The molecular formula is C29H40P2. The molecule has 0 bridgehead atoms. The van der Waals surface area contributed by atoms with Crippen LogP contribution in [0.2, 0.25) is 0 Å². The lowest BCUT2D eigenvalue weighted by Crippen LogP contribution is -2.28. The number of hydrogen-bond acceptors (Lipinski definition) is 0. The van der Waals surface area contributed by atoms with Gasteiger partial charge in [0.05, 0.1) is 0 Å². The molecule has 166 valence electrons. The van der Waals surface area contributed by atoms with Crippen molar-refractivity contribution in [2.75, 3.05) is 0 Å². The zero-order valence-electron chi connectivity index (χ0n) is 21.0. The first-order valence-electron chi connectivity index (χ1n) is 11.5. The summed E-state index contributed by atoms with van der Waals surface area (Å²) >= 11 is 0. The van der Waals surface area contributed by atoms with E-state index in [9.17, 15) is 0 Å². The number of rotatable bonds is 5. The maximum atomic E-state index is 2.51. The highest BCUT2D eigenvalue weighted by molar-refractivity contribution is 7.74. The second-order valence-corrected chi connectivity index (χ2v) is 17.1. The molecule has 0 radical (unpaired) electrons. The molecule has 0 fully saturated rings. The van der Waals surface area contributed by atoms with Crippen LogP contribution in [-0.4, -0.2) is 16.0 Å². The Kier molecular flexibility index (Phi) is 7.35. The Labute approximate surface area is 193 Å². The maximum Gasteiger partial charge on any atom is 0.00652 e. The predicted octanol–water partition coefficient (Wildman–Crippen LogP) is 8.42. The molecule has 1 aliphatic carbocycles. The van der Waals surface area contributed by atoms with Crippen molar-refractivity contribution < 1.29 is 0 Å². The SMILES string of the molecule is Cc1ccccc1P(c1ccccc1C)C(C)C1=C(P(C(C)(C)C)C(C)(C)C)C=CC1. The zero-order valence-corrected chi connectivity index (χ0v) is 22.7. The third-order valence-corrected chi connectivity index (χ3v) is 12.9. The highest BCUT2D eigenvalue weighted by Gasteiger charge is 2.40. The van der Waals surface area contributed by atoms with Crippen molar-refractivity contribution in [3.8, 4) is 0 Å². The maximum absolute atomic E-state index is 2.51. The van der Waals surface area contributed by atoms with E-state index in [0.717, 1.165) is 6.42 Å². The minimum atomic E-state index is -0.475. The van der Waals surface area contributed by atoms with Gasteiger partial charge in [0.25, 0.3) is 0 Å². The molecule has 0 spiro atoms. The predicted molar refractivity (Wildman–Crippen MR) is 145 cm³/mol. The van der Waals surface area contributed by atoms with Crippen molar-refractivity contribution in [2.45, 2.75) is 84.7 Å². The van der Waals surface area contributed by atoms with Crippen molar-refractivity contribution >= 4 is 26.5 Å². The molecule has 0 saturated carbocycles. The van der Waals surface area contributed by atoms with E-state index in [1.165, 1.54) is 21.7 Å². The second kappa shape index (κ2) is 9.33. The summed E-state index contributed by atoms with van der Waals surface area (Å²) in [7, 11) is -0.766. The van der Waals surface area contributed by atoms with Crippen molar-refractivity contribution in [1.29, 1.82) is 0 Å². The first kappa shape index (κ1) is 24.4. The molecule has 1 atom stereocenters. The van der Waals surface area contributed by atoms with Gasteiger partial charge in [0.2, 0.25) is 0 Å². The van der Waals surface area contributed by atoms with Gasteiger partial charge < -0.3 is 0 Å². The largest absolute Gasteiger partial charge is 0.0798 e. The van der Waals surface area contributed by atoms with E-state index >= 15 is 0 Å². The van der Waals surface area contributed by atoms with Crippen molar-refractivity contribution in [3.05, 3.63) is 82.7 Å². The van der Waals surface area contributed by atoms with Crippen LogP contribution in [0.3, 0.4) is 0 Å². The Morgan fingerprint density at radius 2 is 1.19 bits per heavy atom. The fourth-order valence-corrected chi connectivity index (χ4v) is 12.7. The topological polar surface area (TPSA) is 0 Å². The molecule has 1 aliphatic rings. The summed E-state index contributed by atoms with van der Waals surface area (Å²) in [5.41, 5.74) is 5.06. The Hall–Kier alpha value is -1.22. The Morgan fingerprint density at radius 1 is 0.742 bits per heavy atom. The monoisotopic (exact) mass is 450 g/mol. The Balaban J connectivity index is 2.20. The number of allylic oxidation sites excluding steroid dienone is 4. The Morgan fingerprint density at radius 3 is 1.61 bits per heavy atom. The van der Waals surface area contributed by atoms with E-state index < -0.39 is 7.92 Å². The van der Waals surface area contributed by atoms with E-state index in [1.807, 2.05) is 0 Å². The average molecular weight is 451 g/mol. The summed E-state index contributed by atoms with van der Waals surface area (Å²) in [6, 6.07) is 18.1. The lowest BCUT2D eigenvalue weighted by Gasteiger charge is -2.43. The molecule has 2 aromatic rings. The van der Waals surface area contributed by atoms with E-state index in [1.54, 1.807) is 10.9 Å². The molecule has 31 heavy (non-hydrogen) atoms. The smallest absolute Gasteiger partial charge is 0.00652 e. The van der Waals surface area contributed by atoms with Crippen molar-refractivity contribution in [1.82, 2.24) is 0 Å². The number of benzene rings is 2. The molecule has 0 amide bonds. The van der Waals surface area contributed by atoms with Gasteiger partial charge in [0.1, 0.15) is 0 Å². The molecule has 0 aliphatic heterocycles. The summed E-state index contributed by atoms with van der Waals surface area (Å²) in [5, 5.41) is 5.31. The summed E-state index contributed by atoms with van der Waals surface area (Å²) in [6.45, 7) is 21.7. The summed E-state index contributed by atoms with van der Waals surface area (Å²) in [5.74, 6) is 0. The van der Waals surface area contributed by atoms with Gasteiger partial charge in [-0.3, -0.25) is 0 Å². The lowest BCUT2D eigenvalue weighted by molar-refractivity contribution is 0.711. The quantitative estimate of drug-likeness (QED) is 0.401. The van der Waals surface area contributed by atoms with Crippen LogP contribution < -0.4 is 10.6 Å². The fraction of sp³-hybridized carbons (Fsp3) is 0.448. The Bertz CT molecular complexity index is 923. The number of aryl methyl sites for hydroxylation is 2. The van der Waals surface area contributed by atoms with E-state index in [-0.39, 0.29) is 18.2 Å². The van der Waals surface area contributed by atoms with Crippen LogP contribution in [0.25, 0.3) is 0 Å². The van der Waals surface area contributed by atoms with Crippen LogP contribution >= 0.6 is 15.8 Å². The summed E-state index contributed by atoms with van der Waals surface area (Å²) in [6.07, 6.45) is 6.02. The van der Waals surface area contributed by atoms with Crippen LogP contribution in [0, 0.1) is 13.8 Å². The van der Waals surface area contributed by atoms with Crippen molar-refractivity contribution in [3.63, 3.8) is 0 Å². The first-order valence-corrected chi connectivity index (χ1v) is 14.3. The van der Waals surface area contributed by atoms with E-state index in [0.29, 0.717) is 5.66 Å². The standard InChI is InChI=1S/C29H40P2/c1-21-15-10-12-18-25(21)30(26-19-13-11-16-22(26)2)23(3)24-17-14-20-27(24)31(28(4,5)6)29(7,8)9/h10-16,18-20,23H,17H2,1-9H3. The van der Waals surface area contributed by atoms with Crippen LogP contribution in [0.15, 0.2) is 71.6 Å². The highest BCUT2D eigenvalue weighted by atomic mass is 31.1. The van der Waals surface area contributed by atoms with Gasteiger partial charge >= 0.3 is 0 Å². The van der Waals surface area contributed by atoms with Gasteiger partial charge in [0, 0.05) is 5.66 Å². The summed E-state index contributed by atoms with van der Waals surface area (Å²) in [4.78, 5) is 0. The molecule has 2 aromatic carbocycles. The molecular weight excluding hydrogens is 410 g/mol. The van der Waals surface area contributed by atoms with Crippen LogP contribution in [0.5, 0.6) is 0 Å². The second-order valence-electron chi connectivity index (χ2n) is 10.8. The van der Waals surface area contributed by atoms with Gasteiger partial charge in [-0.25, -0.2) is 0 Å². The van der Waals surface area contributed by atoms with E-state index in [2.05, 4.69) is 123 Å². The molecule has 3 rings (SSSR count). The molecule has 0 N–H and O–H groups in total. The molecule has 0 nitrogen and oxygen atoms in total. The van der Waals surface area contributed by atoms with Gasteiger partial charge in [-0.2, -0.15) is 0 Å². The first-order chi connectivity index (χ1) is 14.4. The molecule has 1 unspecified atom stereocenters. The van der Waals surface area contributed by atoms with Gasteiger partial charge in [-0.1, -0.05) is 123 Å². The lowest BCUT2D eigenvalue weighted by atomic mass is 10.2. The van der Waals surface area contributed by atoms with Crippen molar-refractivity contribution in [2.24, 2.45) is 0 Å². The normalized spacial score (nSPS) is 16.0. The third-order valence-electron chi connectivity index (χ3n) is 6.17. The van der Waals surface area contributed by atoms with Crippen LogP contribution in [0.4, 0.5) is 0 Å². The highest BCUT2D eigenvalue weighted by Crippen LogP contribution is 2.67. The van der Waals surface area contributed by atoms with Gasteiger partial charge in [-0.15, -0.1) is 0 Å². The van der Waals surface area contributed by atoms with E-state index in [4.69, 9.17) is 0 Å². The molecule has 0 saturated heterocycles. The fourth-order valence-electron chi connectivity index (χ4n) is 5.21. The minimum Gasteiger partial charge on any atom is -0.0798 e. The summed E-state index contributed by atoms with van der Waals surface area (Å²) < 4.78 is 0. The van der Waals surface area contributed by atoms with Gasteiger partial charge in [0.15, 0.2) is 0 Å². The average Bonchev–Trinajstić information content (AvgIpc) is 3.11. The zero-order chi connectivity index (χ0) is 23.0. The molecule has 2 heteroatoms. The molecule has 0 aromatic heterocycles. The van der Waals surface area contributed by atoms with Gasteiger partial charge in [-0.05, 0) is 65.6 Å². The molecule has 0 heterocycles. The van der Waals surface area contributed by atoms with Crippen LogP contribution in [0.1, 0.15) is 66.0 Å². The number of hydrogen-bond donors (Lipinski definition) is 0. The van der Waals surface area contributed by atoms with Crippen LogP contribution in [-0.2, 0) is 0 Å². The third kappa shape index (κ3) is 5.24.